The topological polar surface area (TPSA) is 46.5 Å². The van der Waals surface area contributed by atoms with E-state index in [9.17, 15) is 9.90 Å². The fraction of sp³-hybridized carbons (Fsp3) is 0.857. The van der Waals surface area contributed by atoms with E-state index in [2.05, 4.69) is 6.58 Å². The Morgan fingerprint density at radius 3 is 1.58 bits per heavy atom. The molecule has 1 rings (SSSR count). The monoisotopic (exact) mass is 338 g/mol. The number of carbonyl (C=O) groups is 1. The average Bonchev–Trinajstić information content (AvgIpc) is 2.59. The summed E-state index contributed by atoms with van der Waals surface area (Å²) in [6.45, 7) is 5.75. The molecule has 0 spiro atoms. The normalized spacial score (nSPS) is 21.2. The van der Waals surface area contributed by atoms with Crippen LogP contribution < -0.4 is 0 Å². The third kappa shape index (κ3) is 8.86. The van der Waals surface area contributed by atoms with Crippen molar-refractivity contribution in [2.75, 3.05) is 13.2 Å². The first kappa shape index (κ1) is 21.2. The van der Waals surface area contributed by atoms with E-state index in [-0.39, 0.29) is 18.0 Å². The highest BCUT2D eigenvalue weighted by atomic mass is 16.5. The Labute approximate surface area is 148 Å². The van der Waals surface area contributed by atoms with Gasteiger partial charge in [-0.2, -0.15) is 0 Å². The quantitative estimate of drug-likeness (QED) is 0.539. The highest BCUT2D eigenvalue weighted by molar-refractivity contribution is 5.86. The lowest BCUT2D eigenvalue weighted by atomic mass is 9.79. The maximum atomic E-state index is 11.7. The van der Waals surface area contributed by atoms with Gasteiger partial charge in [0.25, 0.3) is 0 Å². The van der Waals surface area contributed by atoms with Gasteiger partial charge in [-0.25, -0.2) is 4.79 Å². The van der Waals surface area contributed by atoms with Gasteiger partial charge in [0.2, 0.25) is 0 Å². The summed E-state index contributed by atoms with van der Waals surface area (Å²) in [5.41, 5.74) is 0.172. The minimum Gasteiger partial charge on any atom is -0.462 e. The zero-order valence-electron chi connectivity index (χ0n) is 15.8. The summed E-state index contributed by atoms with van der Waals surface area (Å²) in [7, 11) is 0. The van der Waals surface area contributed by atoms with Crippen molar-refractivity contribution >= 4 is 5.97 Å². The minimum absolute atomic E-state index is 0.108. The second-order valence-electron chi connectivity index (χ2n) is 7.76. The van der Waals surface area contributed by atoms with Crippen LogP contribution in [0.3, 0.4) is 0 Å². The van der Waals surface area contributed by atoms with Crippen molar-refractivity contribution in [3.8, 4) is 0 Å². The van der Waals surface area contributed by atoms with Crippen molar-refractivity contribution < 1.29 is 14.6 Å². The van der Waals surface area contributed by atoms with E-state index in [1.807, 2.05) is 0 Å². The molecule has 1 N–H and O–H groups in total. The molecule has 1 saturated carbocycles. The summed E-state index contributed by atoms with van der Waals surface area (Å²) in [5.74, 6) is -0.335. The van der Waals surface area contributed by atoms with E-state index < -0.39 is 0 Å². The molecular weight excluding hydrogens is 300 g/mol. The van der Waals surface area contributed by atoms with Gasteiger partial charge in [-0.3, -0.25) is 0 Å². The molecule has 0 amide bonds. The van der Waals surface area contributed by atoms with Crippen LogP contribution in [-0.4, -0.2) is 24.3 Å². The zero-order valence-corrected chi connectivity index (χ0v) is 15.8. The molecule has 140 valence electrons. The van der Waals surface area contributed by atoms with Crippen molar-refractivity contribution in [2.24, 2.45) is 5.41 Å². The number of aliphatic hydroxyl groups excluding tert-OH is 1. The van der Waals surface area contributed by atoms with Crippen molar-refractivity contribution in [1.29, 1.82) is 0 Å². The van der Waals surface area contributed by atoms with Crippen LogP contribution in [0.1, 0.15) is 96.8 Å². The van der Waals surface area contributed by atoms with Crippen LogP contribution in [0, 0.1) is 5.41 Å². The molecule has 0 atom stereocenters. The summed E-state index contributed by atoms with van der Waals surface area (Å²) in [5, 5.41) is 10.0. The van der Waals surface area contributed by atoms with Crippen molar-refractivity contribution in [3.05, 3.63) is 12.2 Å². The van der Waals surface area contributed by atoms with Crippen molar-refractivity contribution in [2.45, 2.75) is 96.8 Å². The predicted octanol–water partition coefficient (Wildman–Crippen LogP) is 5.56. The van der Waals surface area contributed by atoms with Gasteiger partial charge in [0.05, 0.1) is 13.2 Å². The van der Waals surface area contributed by atoms with Crippen LogP contribution in [0.2, 0.25) is 0 Å². The minimum atomic E-state index is -0.335. The van der Waals surface area contributed by atoms with Crippen LogP contribution >= 0.6 is 0 Å². The summed E-state index contributed by atoms with van der Waals surface area (Å²) in [4.78, 5) is 11.7. The van der Waals surface area contributed by atoms with E-state index in [0.29, 0.717) is 12.2 Å². The van der Waals surface area contributed by atoms with Gasteiger partial charge in [0, 0.05) is 11.0 Å². The van der Waals surface area contributed by atoms with Crippen LogP contribution in [0.5, 0.6) is 0 Å². The lowest BCUT2D eigenvalue weighted by molar-refractivity contribution is -0.144. The lowest BCUT2D eigenvalue weighted by Crippen LogP contribution is -2.32. The van der Waals surface area contributed by atoms with E-state index in [1.54, 1.807) is 6.92 Å². The number of rotatable bonds is 4. The fourth-order valence-corrected chi connectivity index (χ4v) is 3.58. The molecule has 1 fully saturated rings. The van der Waals surface area contributed by atoms with Gasteiger partial charge in [0.1, 0.15) is 0 Å². The molecule has 0 heterocycles. The fourth-order valence-electron chi connectivity index (χ4n) is 3.58. The molecule has 3 nitrogen and oxygen atoms in total. The van der Waals surface area contributed by atoms with Gasteiger partial charge >= 0.3 is 5.97 Å². The number of esters is 1. The first-order chi connectivity index (χ1) is 11.6. The number of ether oxygens (including phenoxy) is 1. The molecule has 0 aromatic heterocycles. The van der Waals surface area contributed by atoms with Crippen LogP contribution in [0.15, 0.2) is 12.2 Å². The predicted molar refractivity (Wildman–Crippen MR) is 99.9 cm³/mol. The van der Waals surface area contributed by atoms with Crippen LogP contribution in [0.4, 0.5) is 0 Å². The molecule has 3 heteroatoms. The summed E-state index contributed by atoms with van der Waals surface area (Å²) < 4.78 is 5.43. The van der Waals surface area contributed by atoms with E-state index in [1.165, 1.54) is 64.2 Å². The third-order valence-electron chi connectivity index (χ3n) is 5.36. The zero-order chi connectivity index (χ0) is 17.7. The van der Waals surface area contributed by atoms with Gasteiger partial charge in [-0.05, 0) is 19.8 Å². The maximum Gasteiger partial charge on any atom is 0.333 e. The number of carbonyl (C=O) groups excluding carboxylic acids is 1. The molecule has 24 heavy (non-hydrogen) atoms. The summed E-state index contributed by atoms with van der Waals surface area (Å²) >= 11 is 0. The van der Waals surface area contributed by atoms with E-state index in [4.69, 9.17) is 4.74 Å². The molecule has 0 aromatic carbocycles. The van der Waals surface area contributed by atoms with Gasteiger partial charge in [0.15, 0.2) is 0 Å². The number of hydrogen-bond acceptors (Lipinski definition) is 3. The van der Waals surface area contributed by atoms with Gasteiger partial charge < -0.3 is 9.84 Å². The molecule has 0 aromatic rings. The molecule has 0 bridgehead atoms. The molecule has 0 unspecified atom stereocenters. The molecule has 0 radical (unpaired) electrons. The second kappa shape index (κ2) is 12.5. The molecular formula is C21H38O3. The Bertz CT molecular complexity index is 346. The number of hydrogen-bond donors (Lipinski definition) is 1. The summed E-state index contributed by atoms with van der Waals surface area (Å²) in [6, 6.07) is 0. The van der Waals surface area contributed by atoms with Crippen molar-refractivity contribution in [3.63, 3.8) is 0 Å². The molecule has 1 aliphatic carbocycles. The molecule has 1 aliphatic rings. The maximum absolute atomic E-state index is 11.7. The Hall–Kier alpha value is -0.830. The van der Waals surface area contributed by atoms with Gasteiger partial charge in [-0.1, -0.05) is 83.6 Å². The smallest absolute Gasteiger partial charge is 0.333 e. The Balaban J connectivity index is 2.57. The first-order valence-electron chi connectivity index (χ1n) is 10.0. The highest BCUT2D eigenvalue weighted by Crippen LogP contribution is 2.32. The standard InChI is InChI=1S/C21H38O3/c1-19(2)20(23)24-18-21(17-22)15-13-11-9-7-5-3-4-6-8-10-12-14-16-21/h22H,1,3-18H2,2H3. The van der Waals surface area contributed by atoms with Crippen LogP contribution in [-0.2, 0) is 9.53 Å². The molecule has 0 aliphatic heterocycles. The molecule has 0 saturated heterocycles. The lowest BCUT2D eigenvalue weighted by Gasteiger charge is -2.31. The van der Waals surface area contributed by atoms with E-state index in [0.717, 1.165) is 25.7 Å². The highest BCUT2D eigenvalue weighted by Gasteiger charge is 2.30. The average molecular weight is 339 g/mol. The Morgan fingerprint density at radius 1 is 0.875 bits per heavy atom. The second-order valence-corrected chi connectivity index (χ2v) is 7.76. The first-order valence-corrected chi connectivity index (χ1v) is 10.0. The number of aliphatic hydroxyl groups is 1. The van der Waals surface area contributed by atoms with Gasteiger partial charge in [-0.15, -0.1) is 0 Å². The Kier molecular flexibility index (Phi) is 11.1. The largest absolute Gasteiger partial charge is 0.462 e. The van der Waals surface area contributed by atoms with Crippen LogP contribution in [0.25, 0.3) is 0 Å². The van der Waals surface area contributed by atoms with E-state index >= 15 is 0 Å². The summed E-state index contributed by atoms with van der Waals surface area (Å²) in [6.07, 6.45) is 17.3. The Morgan fingerprint density at radius 2 is 1.25 bits per heavy atom. The SMILES string of the molecule is C=C(C)C(=O)OCC1(CO)CCCCCCCCCCCCCC1. The van der Waals surface area contributed by atoms with Crippen molar-refractivity contribution in [1.82, 2.24) is 0 Å². The third-order valence-corrected chi connectivity index (χ3v) is 5.36.